The van der Waals surface area contributed by atoms with Crippen molar-refractivity contribution in [3.05, 3.63) is 29.8 Å². The number of rotatable bonds is 6. The number of benzene rings is 1. The first-order valence-electron chi connectivity index (χ1n) is 8.21. The number of nitrogens with zero attached hydrogens (tertiary/aromatic N) is 1. The van der Waals surface area contributed by atoms with E-state index in [1.165, 1.54) is 31.2 Å². The molecule has 2 rings (SSSR count). The van der Waals surface area contributed by atoms with Crippen LogP contribution < -0.4 is 10.5 Å². The van der Waals surface area contributed by atoms with Crippen LogP contribution in [0.5, 0.6) is 5.75 Å². The van der Waals surface area contributed by atoms with E-state index in [-0.39, 0.29) is 0 Å². The predicted octanol–water partition coefficient (Wildman–Crippen LogP) is 3.28. The third kappa shape index (κ3) is 3.98. The van der Waals surface area contributed by atoms with Crippen LogP contribution in [0.1, 0.15) is 38.2 Å². The van der Waals surface area contributed by atoms with Gasteiger partial charge in [-0.15, -0.1) is 0 Å². The first kappa shape index (κ1) is 16.3. The molecule has 2 N–H and O–H groups in total. The van der Waals surface area contributed by atoms with E-state index in [9.17, 15) is 0 Å². The summed E-state index contributed by atoms with van der Waals surface area (Å²) < 4.78 is 5.48. The van der Waals surface area contributed by atoms with Gasteiger partial charge in [0.05, 0.1) is 7.11 Å². The van der Waals surface area contributed by atoms with Gasteiger partial charge >= 0.3 is 0 Å². The van der Waals surface area contributed by atoms with Crippen molar-refractivity contribution < 1.29 is 4.74 Å². The van der Waals surface area contributed by atoms with Gasteiger partial charge in [0, 0.05) is 18.2 Å². The normalized spacial score (nSPS) is 26.0. The molecule has 1 aromatic rings. The van der Waals surface area contributed by atoms with Crippen LogP contribution >= 0.6 is 0 Å². The van der Waals surface area contributed by atoms with E-state index in [1.807, 2.05) is 12.1 Å². The standard InChI is InChI=1S/C18H30N2O/c1-4-14-9-10-15(12-19)17(11-14)20(2)13-16-7-5-6-8-18(16)21-3/h5-8,14-15,17H,4,9-13,19H2,1-3H3. The van der Waals surface area contributed by atoms with Gasteiger partial charge < -0.3 is 10.5 Å². The van der Waals surface area contributed by atoms with Crippen molar-refractivity contribution in [2.75, 3.05) is 20.7 Å². The third-order valence-corrected chi connectivity index (χ3v) is 5.12. The zero-order valence-electron chi connectivity index (χ0n) is 13.7. The Kier molecular flexibility index (Phi) is 6.07. The van der Waals surface area contributed by atoms with Crippen LogP contribution in [0, 0.1) is 11.8 Å². The highest BCUT2D eigenvalue weighted by molar-refractivity contribution is 5.33. The van der Waals surface area contributed by atoms with E-state index in [1.54, 1.807) is 7.11 Å². The topological polar surface area (TPSA) is 38.5 Å². The lowest BCUT2D eigenvalue weighted by Crippen LogP contribution is -2.44. The molecule has 0 amide bonds. The smallest absolute Gasteiger partial charge is 0.123 e. The molecule has 0 spiro atoms. The highest BCUT2D eigenvalue weighted by atomic mass is 16.5. The van der Waals surface area contributed by atoms with Crippen molar-refractivity contribution in [2.45, 2.75) is 45.2 Å². The molecular formula is C18H30N2O. The molecule has 0 bridgehead atoms. The number of nitrogens with two attached hydrogens (primary N) is 1. The van der Waals surface area contributed by atoms with Gasteiger partial charge in [-0.3, -0.25) is 4.90 Å². The molecule has 3 unspecified atom stereocenters. The van der Waals surface area contributed by atoms with Crippen molar-refractivity contribution in [2.24, 2.45) is 17.6 Å². The van der Waals surface area contributed by atoms with Crippen LogP contribution in [0.4, 0.5) is 0 Å². The molecule has 0 aromatic heterocycles. The fraction of sp³-hybridized carbons (Fsp3) is 0.667. The van der Waals surface area contributed by atoms with Gasteiger partial charge in [-0.05, 0) is 44.3 Å². The average molecular weight is 290 g/mol. The van der Waals surface area contributed by atoms with E-state index in [2.05, 4.69) is 31.0 Å². The molecule has 0 aliphatic heterocycles. The Morgan fingerprint density at radius 3 is 2.71 bits per heavy atom. The van der Waals surface area contributed by atoms with Gasteiger partial charge in [-0.2, -0.15) is 0 Å². The van der Waals surface area contributed by atoms with E-state index in [4.69, 9.17) is 10.5 Å². The van der Waals surface area contributed by atoms with Crippen LogP contribution in [0.2, 0.25) is 0 Å². The highest BCUT2D eigenvalue weighted by Gasteiger charge is 2.31. The molecule has 3 heteroatoms. The minimum Gasteiger partial charge on any atom is -0.496 e. The second kappa shape index (κ2) is 7.81. The maximum atomic E-state index is 6.02. The van der Waals surface area contributed by atoms with E-state index in [0.29, 0.717) is 12.0 Å². The van der Waals surface area contributed by atoms with Crippen LogP contribution in [0.25, 0.3) is 0 Å². The molecule has 1 fully saturated rings. The van der Waals surface area contributed by atoms with E-state index >= 15 is 0 Å². The number of para-hydroxylation sites is 1. The Labute approximate surface area is 129 Å². The molecule has 118 valence electrons. The summed E-state index contributed by atoms with van der Waals surface area (Å²) in [5.41, 5.74) is 7.28. The van der Waals surface area contributed by atoms with Crippen molar-refractivity contribution in [1.82, 2.24) is 4.90 Å². The Bertz CT molecular complexity index is 435. The van der Waals surface area contributed by atoms with Crippen LogP contribution in [-0.2, 0) is 6.54 Å². The second-order valence-corrected chi connectivity index (χ2v) is 6.38. The molecule has 1 aliphatic rings. The van der Waals surface area contributed by atoms with Crippen molar-refractivity contribution in [1.29, 1.82) is 0 Å². The van der Waals surface area contributed by atoms with Gasteiger partial charge in [-0.1, -0.05) is 38.0 Å². The summed E-state index contributed by atoms with van der Waals surface area (Å²) in [6.07, 6.45) is 5.19. The summed E-state index contributed by atoms with van der Waals surface area (Å²) in [4.78, 5) is 2.48. The fourth-order valence-corrected chi connectivity index (χ4v) is 3.70. The maximum Gasteiger partial charge on any atom is 0.123 e. The molecule has 3 nitrogen and oxygen atoms in total. The predicted molar refractivity (Wildman–Crippen MR) is 88.4 cm³/mol. The summed E-state index contributed by atoms with van der Waals surface area (Å²) in [5, 5.41) is 0. The van der Waals surface area contributed by atoms with E-state index < -0.39 is 0 Å². The van der Waals surface area contributed by atoms with Gasteiger partial charge in [0.2, 0.25) is 0 Å². The zero-order chi connectivity index (χ0) is 15.2. The second-order valence-electron chi connectivity index (χ2n) is 6.38. The van der Waals surface area contributed by atoms with Gasteiger partial charge in [0.25, 0.3) is 0 Å². The van der Waals surface area contributed by atoms with Gasteiger partial charge in [-0.25, -0.2) is 0 Å². The lowest BCUT2D eigenvalue weighted by Gasteiger charge is -2.41. The van der Waals surface area contributed by atoms with Gasteiger partial charge in [0.15, 0.2) is 0 Å². The Morgan fingerprint density at radius 2 is 2.05 bits per heavy atom. The monoisotopic (exact) mass is 290 g/mol. The molecular weight excluding hydrogens is 260 g/mol. The minimum absolute atomic E-state index is 0.596. The van der Waals surface area contributed by atoms with Gasteiger partial charge in [0.1, 0.15) is 5.75 Å². The van der Waals surface area contributed by atoms with Crippen LogP contribution in [-0.4, -0.2) is 31.6 Å². The minimum atomic E-state index is 0.596. The first-order chi connectivity index (χ1) is 10.2. The highest BCUT2D eigenvalue weighted by Crippen LogP contribution is 2.34. The Hall–Kier alpha value is -1.06. The molecule has 1 saturated carbocycles. The molecule has 0 saturated heterocycles. The van der Waals surface area contributed by atoms with Crippen molar-refractivity contribution >= 4 is 0 Å². The molecule has 1 aliphatic carbocycles. The lowest BCUT2D eigenvalue weighted by molar-refractivity contribution is 0.0958. The summed E-state index contributed by atoms with van der Waals surface area (Å²) in [6, 6.07) is 8.91. The molecule has 0 heterocycles. The molecule has 0 radical (unpaired) electrons. The number of ether oxygens (including phenoxy) is 1. The first-order valence-corrected chi connectivity index (χ1v) is 8.21. The fourth-order valence-electron chi connectivity index (χ4n) is 3.70. The average Bonchev–Trinajstić information content (AvgIpc) is 2.54. The number of methoxy groups -OCH3 is 1. The summed E-state index contributed by atoms with van der Waals surface area (Å²) in [6.45, 7) is 4.05. The zero-order valence-corrected chi connectivity index (χ0v) is 13.7. The number of hydrogen-bond acceptors (Lipinski definition) is 3. The number of hydrogen-bond donors (Lipinski definition) is 1. The summed E-state index contributed by atoms with van der Waals surface area (Å²) in [5.74, 6) is 2.47. The summed E-state index contributed by atoms with van der Waals surface area (Å²) in [7, 11) is 3.98. The Balaban J connectivity index is 2.07. The van der Waals surface area contributed by atoms with E-state index in [0.717, 1.165) is 24.8 Å². The summed E-state index contributed by atoms with van der Waals surface area (Å²) >= 11 is 0. The Morgan fingerprint density at radius 1 is 1.29 bits per heavy atom. The lowest BCUT2D eigenvalue weighted by atomic mass is 9.76. The third-order valence-electron chi connectivity index (χ3n) is 5.12. The molecule has 3 atom stereocenters. The molecule has 1 aromatic carbocycles. The van der Waals surface area contributed by atoms with Crippen molar-refractivity contribution in [3.63, 3.8) is 0 Å². The maximum absolute atomic E-state index is 6.02. The SMILES string of the molecule is CCC1CCC(CN)C(N(C)Cc2ccccc2OC)C1. The van der Waals surface area contributed by atoms with Crippen LogP contribution in [0.15, 0.2) is 24.3 Å². The van der Waals surface area contributed by atoms with Crippen LogP contribution in [0.3, 0.4) is 0 Å². The molecule has 21 heavy (non-hydrogen) atoms. The van der Waals surface area contributed by atoms with Crippen molar-refractivity contribution in [3.8, 4) is 5.75 Å². The largest absolute Gasteiger partial charge is 0.496 e. The quantitative estimate of drug-likeness (QED) is 0.874.